The summed E-state index contributed by atoms with van der Waals surface area (Å²) >= 11 is 13.4. The zero-order valence-corrected chi connectivity index (χ0v) is 20.7. The minimum Gasteiger partial charge on any atom is -0.508 e. The lowest BCUT2D eigenvalue weighted by molar-refractivity contribution is -0.132. The molecule has 1 aliphatic heterocycles. The molecular formula is C26H18Cl2N2O4S. The number of aliphatic hydroxyl groups is 1. The minimum absolute atomic E-state index is 0.0299. The molecule has 1 fully saturated rings. The Hall–Kier alpha value is -3.39. The zero-order chi connectivity index (χ0) is 24.9. The van der Waals surface area contributed by atoms with Gasteiger partial charge in [-0.25, -0.2) is 4.98 Å². The molecule has 0 spiro atoms. The Bertz CT molecular complexity index is 1530. The second-order valence-corrected chi connectivity index (χ2v) is 9.87. The Morgan fingerprint density at radius 3 is 2.46 bits per heavy atom. The number of rotatable bonds is 4. The number of aromatic hydroxyl groups is 1. The first-order valence-corrected chi connectivity index (χ1v) is 12.3. The topological polar surface area (TPSA) is 90.7 Å². The first kappa shape index (κ1) is 23.4. The number of aliphatic hydroxyl groups excluding tert-OH is 1. The van der Waals surface area contributed by atoms with E-state index in [2.05, 4.69) is 11.9 Å². The van der Waals surface area contributed by atoms with Gasteiger partial charge in [0.1, 0.15) is 11.5 Å². The van der Waals surface area contributed by atoms with E-state index in [0.717, 1.165) is 16.7 Å². The van der Waals surface area contributed by atoms with Crippen LogP contribution in [0.25, 0.3) is 16.0 Å². The van der Waals surface area contributed by atoms with Gasteiger partial charge in [-0.1, -0.05) is 59.7 Å². The monoisotopic (exact) mass is 524 g/mol. The summed E-state index contributed by atoms with van der Waals surface area (Å²) in [6, 6.07) is 15.5. The Morgan fingerprint density at radius 2 is 1.77 bits per heavy atom. The number of phenols is 1. The molecule has 1 amide bonds. The maximum Gasteiger partial charge on any atom is 0.301 e. The summed E-state index contributed by atoms with van der Waals surface area (Å²) in [4.78, 5) is 32.5. The summed E-state index contributed by atoms with van der Waals surface area (Å²) in [6.07, 6.45) is 0.852. The normalized spacial score (nSPS) is 17.5. The third-order valence-electron chi connectivity index (χ3n) is 5.90. The van der Waals surface area contributed by atoms with E-state index < -0.39 is 17.7 Å². The predicted octanol–water partition coefficient (Wildman–Crippen LogP) is 6.50. The molecule has 1 aromatic heterocycles. The Balaban J connectivity index is 1.72. The number of phenolic OH excluding ortho intramolecular Hbond substituents is 1. The highest BCUT2D eigenvalue weighted by atomic mass is 35.5. The van der Waals surface area contributed by atoms with Crippen LogP contribution in [0.5, 0.6) is 5.75 Å². The van der Waals surface area contributed by atoms with Gasteiger partial charge in [0.25, 0.3) is 5.78 Å². The van der Waals surface area contributed by atoms with E-state index in [1.807, 2.05) is 18.2 Å². The average Bonchev–Trinajstić information content (AvgIpc) is 3.38. The number of hydrogen-bond acceptors (Lipinski definition) is 6. The molecule has 4 aromatic rings. The van der Waals surface area contributed by atoms with E-state index in [1.165, 1.54) is 46.6 Å². The van der Waals surface area contributed by atoms with Crippen molar-refractivity contribution in [1.29, 1.82) is 0 Å². The summed E-state index contributed by atoms with van der Waals surface area (Å²) in [5.74, 6) is -2.00. The summed E-state index contributed by atoms with van der Waals surface area (Å²) in [7, 11) is 0. The molecule has 1 saturated heterocycles. The van der Waals surface area contributed by atoms with Gasteiger partial charge >= 0.3 is 5.91 Å². The van der Waals surface area contributed by atoms with Crippen molar-refractivity contribution >= 4 is 67.3 Å². The number of ketones is 1. The quantitative estimate of drug-likeness (QED) is 0.180. The number of hydrogen-bond donors (Lipinski definition) is 2. The minimum atomic E-state index is -0.962. The SMILES string of the molecule is CCc1ccc2nc(N3C(=O)C(=O)/C(=C(/O)c4ccc(Cl)c(Cl)c4)C3c3ccc(O)cc3)sc2c1. The molecule has 0 aliphatic carbocycles. The molecule has 1 aliphatic rings. The molecule has 0 radical (unpaired) electrons. The van der Waals surface area contributed by atoms with Gasteiger partial charge in [-0.2, -0.15) is 0 Å². The van der Waals surface area contributed by atoms with Crippen molar-refractivity contribution in [2.45, 2.75) is 19.4 Å². The molecule has 1 unspecified atom stereocenters. The Morgan fingerprint density at radius 1 is 1.03 bits per heavy atom. The van der Waals surface area contributed by atoms with E-state index in [4.69, 9.17) is 23.2 Å². The van der Waals surface area contributed by atoms with Crippen LogP contribution >= 0.6 is 34.5 Å². The smallest absolute Gasteiger partial charge is 0.301 e. The molecular weight excluding hydrogens is 507 g/mol. The molecule has 9 heteroatoms. The fraction of sp³-hybridized carbons (Fsp3) is 0.115. The van der Waals surface area contributed by atoms with Crippen molar-refractivity contribution < 1.29 is 19.8 Å². The number of carbonyl (C=O) groups excluding carboxylic acids is 2. The highest BCUT2D eigenvalue weighted by Gasteiger charge is 2.48. The molecule has 35 heavy (non-hydrogen) atoms. The Kier molecular flexibility index (Phi) is 6.01. The number of Topliss-reactive ketones (excluding diaryl/α,β-unsaturated/α-hetero) is 1. The first-order chi connectivity index (χ1) is 16.8. The summed E-state index contributed by atoms with van der Waals surface area (Å²) < 4.78 is 0.884. The maximum absolute atomic E-state index is 13.3. The van der Waals surface area contributed by atoms with Gasteiger partial charge in [0.05, 0.1) is 31.9 Å². The standard InChI is InChI=1S/C26H18Cl2N2O4S/c1-2-13-3-10-19-20(11-13)35-26(29-19)30-22(14-4-7-16(31)8-5-14)21(24(33)25(30)34)23(32)15-6-9-17(27)18(28)12-15/h3-12,22,31-32H,2H2,1H3/b23-21+. The fourth-order valence-electron chi connectivity index (χ4n) is 4.08. The van der Waals surface area contributed by atoms with E-state index in [-0.39, 0.29) is 27.7 Å². The fourth-order valence-corrected chi connectivity index (χ4v) is 5.43. The maximum atomic E-state index is 13.3. The molecule has 2 N–H and O–H groups in total. The number of fused-ring (bicyclic) bond motifs is 1. The van der Waals surface area contributed by atoms with Crippen LogP contribution in [0.1, 0.15) is 29.7 Å². The van der Waals surface area contributed by atoms with Gasteiger partial charge in [-0.3, -0.25) is 14.5 Å². The second-order valence-electron chi connectivity index (χ2n) is 8.04. The number of aryl methyl sites for hydroxylation is 1. The average molecular weight is 525 g/mol. The van der Waals surface area contributed by atoms with E-state index in [1.54, 1.807) is 12.1 Å². The van der Waals surface area contributed by atoms with Gasteiger partial charge in [-0.05, 0) is 60.0 Å². The van der Waals surface area contributed by atoms with Crippen molar-refractivity contribution in [1.82, 2.24) is 4.98 Å². The number of aromatic nitrogens is 1. The van der Waals surface area contributed by atoms with Gasteiger partial charge in [-0.15, -0.1) is 0 Å². The Labute approximate surface area is 214 Å². The van der Waals surface area contributed by atoms with Gasteiger partial charge in [0, 0.05) is 5.56 Å². The predicted molar refractivity (Wildman–Crippen MR) is 138 cm³/mol. The highest BCUT2D eigenvalue weighted by Crippen LogP contribution is 2.45. The van der Waals surface area contributed by atoms with Crippen LogP contribution in [-0.2, 0) is 16.0 Å². The van der Waals surface area contributed by atoms with Crippen LogP contribution in [0.3, 0.4) is 0 Å². The second kappa shape index (κ2) is 9.00. The summed E-state index contributed by atoms with van der Waals surface area (Å²) in [6.45, 7) is 2.05. The molecule has 3 aromatic carbocycles. The lowest BCUT2D eigenvalue weighted by atomic mass is 9.95. The summed E-state index contributed by atoms with van der Waals surface area (Å²) in [5.41, 5.74) is 2.50. The number of amides is 1. The van der Waals surface area contributed by atoms with Gasteiger partial charge < -0.3 is 10.2 Å². The molecule has 176 valence electrons. The zero-order valence-electron chi connectivity index (χ0n) is 18.3. The molecule has 6 nitrogen and oxygen atoms in total. The third kappa shape index (κ3) is 4.05. The molecule has 2 heterocycles. The van der Waals surface area contributed by atoms with Gasteiger partial charge in [0.15, 0.2) is 5.13 Å². The third-order valence-corrected chi connectivity index (χ3v) is 7.66. The molecule has 5 rings (SSSR count). The largest absolute Gasteiger partial charge is 0.508 e. The number of carbonyl (C=O) groups is 2. The highest BCUT2D eigenvalue weighted by molar-refractivity contribution is 7.22. The van der Waals surface area contributed by atoms with Crippen LogP contribution in [0, 0.1) is 0 Å². The van der Waals surface area contributed by atoms with Crippen molar-refractivity contribution in [2.24, 2.45) is 0 Å². The number of benzene rings is 3. The lowest BCUT2D eigenvalue weighted by Crippen LogP contribution is -2.29. The van der Waals surface area contributed by atoms with Crippen LogP contribution in [0.2, 0.25) is 10.0 Å². The van der Waals surface area contributed by atoms with Crippen LogP contribution < -0.4 is 4.90 Å². The van der Waals surface area contributed by atoms with Crippen LogP contribution in [-0.4, -0.2) is 26.9 Å². The molecule has 0 bridgehead atoms. The number of thiazole rings is 1. The number of halogens is 2. The van der Waals surface area contributed by atoms with Crippen molar-refractivity contribution in [3.63, 3.8) is 0 Å². The number of anilines is 1. The first-order valence-electron chi connectivity index (χ1n) is 10.7. The summed E-state index contributed by atoms with van der Waals surface area (Å²) in [5, 5.41) is 21.8. The van der Waals surface area contributed by atoms with Crippen molar-refractivity contribution in [2.75, 3.05) is 4.90 Å². The molecule has 1 atom stereocenters. The van der Waals surface area contributed by atoms with Crippen molar-refractivity contribution in [3.05, 3.63) is 93.0 Å². The lowest BCUT2D eigenvalue weighted by Gasteiger charge is -2.23. The van der Waals surface area contributed by atoms with E-state index >= 15 is 0 Å². The van der Waals surface area contributed by atoms with E-state index in [0.29, 0.717) is 21.2 Å². The van der Waals surface area contributed by atoms with Gasteiger partial charge in [0.2, 0.25) is 0 Å². The number of nitrogens with zero attached hydrogens (tertiary/aromatic N) is 2. The van der Waals surface area contributed by atoms with Crippen molar-refractivity contribution in [3.8, 4) is 5.75 Å². The van der Waals surface area contributed by atoms with Crippen LogP contribution in [0.15, 0.2) is 66.2 Å². The van der Waals surface area contributed by atoms with E-state index in [9.17, 15) is 19.8 Å². The van der Waals surface area contributed by atoms with Crippen LogP contribution in [0.4, 0.5) is 5.13 Å². The molecule has 0 saturated carbocycles.